The lowest BCUT2D eigenvalue weighted by Gasteiger charge is -2.08. The van der Waals surface area contributed by atoms with E-state index >= 15 is 0 Å². The molecule has 0 atom stereocenters. The maximum absolute atomic E-state index is 11.2. The molecule has 0 aliphatic rings. The van der Waals surface area contributed by atoms with Gasteiger partial charge in [-0.15, -0.1) is 0 Å². The monoisotopic (exact) mass is 277 g/mol. The van der Waals surface area contributed by atoms with Crippen LogP contribution in [0.3, 0.4) is 0 Å². The van der Waals surface area contributed by atoms with Crippen LogP contribution in [0.1, 0.15) is 0 Å². The number of rotatable bonds is 10. The van der Waals surface area contributed by atoms with E-state index in [1.807, 2.05) is 0 Å². The van der Waals surface area contributed by atoms with Crippen LogP contribution in [0.5, 0.6) is 0 Å². The van der Waals surface area contributed by atoms with Gasteiger partial charge in [0.05, 0.1) is 19.8 Å². The van der Waals surface area contributed by atoms with Crippen molar-refractivity contribution in [1.29, 1.82) is 0 Å². The van der Waals surface area contributed by atoms with Crippen LogP contribution in [0.4, 0.5) is 4.79 Å². The number of carbonyl (C=O) groups excluding carboxylic acids is 2. The first-order chi connectivity index (χ1) is 9.06. The summed E-state index contributed by atoms with van der Waals surface area (Å²) in [5.74, 6) is -1.40. The second-order valence-corrected chi connectivity index (χ2v) is 3.40. The van der Waals surface area contributed by atoms with Gasteiger partial charge in [-0.1, -0.05) is 0 Å². The molecule has 19 heavy (non-hydrogen) atoms. The van der Waals surface area contributed by atoms with Gasteiger partial charge < -0.3 is 30.5 Å². The van der Waals surface area contributed by atoms with Crippen LogP contribution >= 0.6 is 0 Å². The summed E-state index contributed by atoms with van der Waals surface area (Å²) in [5.41, 5.74) is 0. The van der Waals surface area contributed by atoms with Crippen molar-refractivity contribution in [3.63, 3.8) is 0 Å². The van der Waals surface area contributed by atoms with Crippen molar-refractivity contribution < 1.29 is 29.0 Å². The molecule has 0 saturated carbocycles. The third kappa shape index (κ3) is 12.4. The van der Waals surface area contributed by atoms with E-state index in [-0.39, 0.29) is 25.6 Å². The molecule has 0 fully saturated rings. The molecule has 0 bridgehead atoms. The standard InChI is InChI=1S/C10H19N3O6/c1-18-4-2-11-8(14)6-13-10(17)12-3-5-19-7-9(15)16/h2-7H2,1H3,(H,11,14)(H,15,16)(H2,12,13,17). The lowest BCUT2D eigenvalue weighted by Crippen LogP contribution is -2.43. The molecule has 110 valence electrons. The van der Waals surface area contributed by atoms with E-state index in [0.717, 1.165) is 0 Å². The summed E-state index contributed by atoms with van der Waals surface area (Å²) in [5, 5.41) is 15.5. The third-order valence-corrected chi connectivity index (χ3v) is 1.80. The van der Waals surface area contributed by atoms with Crippen LogP contribution in [0.15, 0.2) is 0 Å². The highest BCUT2D eigenvalue weighted by Crippen LogP contribution is 1.74. The van der Waals surface area contributed by atoms with Crippen LogP contribution < -0.4 is 16.0 Å². The van der Waals surface area contributed by atoms with Gasteiger partial charge in [-0.3, -0.25) is 4.79 Å². The highest BCUT2D eigenvalue weighted by molar-refractivity contribution is 5.83. The molecule has 0 aliphatic carbocycles. The van der Waals surface area contributed by atoms with E-state index in [0.29, 0.717) is 13.2 Å². The number of aliphatic carboxylic acids is 1. The van der Waals surface area contributed by atoms with E-state index in [4.69, 9.17) is 14.6 Å². The highest BCUT2D eigenvalue weighted by atomic mass is 16.5. The quantitative estimate of drug-likeness (QED) is 0.347. The zero-order valence-electron chi connectivity index (χ0n) is 10.7. The fraction of sp³-hybridized carbons (Fsp3) is 0.700. The molecule has 0 saturated heterocycles. The second-order valence-electron chi connectivity index (χ2n) is 3.40. The van der Waals surface area contributed by atoms with Crippen molar-refractivity contribution in [2.75, 3.05) is 46.6 Å². The Morgan fingerprint density at radius 1 is 1.05 bits per heavy atom. The van der Waals surface area contributed by atoms with Crippen molar-refractivity contribution >= 4 is 17.9 Å². The van der Waals surface area contributed by atoms with E-state index < -0.39 is 18.6 Å². The smallest absolute Gasteiger partial charge is 0.329 e. The number of ether oxygens (including phenoxy) is 2. The molecule has 0 radical (unpaired) electrons. The highest BCUT2D eigenvalue weighted by Gasteiger charge is 2.04. The predicted molar refractivity (Wildman–Crippen MR) is 64.7 cm³/mol. The van der Waals surface area contributed by atoms with Gasteiger partial charge in [0, 0.05) is 20.2 Å². The van der Waals surface area contributed by atoms with E-state index in [9.17, 15) is 14.4 Å². The van der Waals surface area contributed by atoms with Crippen molar-refractivity contribution in [2.45, 2.75) is 0 Å². The maximum atomic E-state index is 11.2. The molecule has 0 aromatic carbocycles. The Hall–Kier alpha value is -1.87. The molecule has 9 nitrogen and oxygen atoms in total. The Bertz CT molecular complexity index is 297. The summed E-state index contributed by atoms with van der Waals surface area (Å²) in [7, 11) is 1.52. The zero-order chi connectivity index (χ0) is 14.5. The van der Waals surface area contributed by atoms with Crippen molar-refractivity contribution in [3.8, 4) is 0 Å². The maximum Gasteiger partial charge on any atom is 0.329 e. The average molecular weight is 277 g/mol. The number of hydrogen-bond donors (Lipinski definition) is 4. The number of urea groups is 1. The molecular formula is C10H19N3O6. The minimum atomic E-state index is -1.07. The summed E-state index contributed by atoms with van der Waals surface area (Å²) >= 11 is 0. The zero-order valence-corrected chi connectivity index (χ0v) is 10.7. The first-order valence-corrected chi connectivity index (χ1v) is 5.63. The number of methoxy groups -OCH3 is 1. The minimum Gasteiger partial charge on any atom is -0.480 e. The van der Waals surface area contributed by atoms with E-state index in [1.54, 1.807) is 0 Å². The minimum absolute atomic E-state index is 0.0831. The van der Waals surface area contributed by atoms with Gasteiger partial charge >= 0.3 is 12.0 Å². The second kappa shape index (κ2) is 11.2. The summed E-state index contributed by atoms with van der Waals surface area (Å²) in [6, 6.07) is -0.527. The largest absolute Gasteiger partial charge is 0.480 e. The number of amides is 3. The molecule has 9 heteroatoms. The fourth-order valence-electron chi connectivity index (χ4n) is 0.974. The van der Waals surface area contributed by atoms with Gasteiger partial charge in [0.25, 0.3) is 0 Å². The summed E-state index contributed by atoms with van der Waals surface area (Å²) in [4.78, 5) is 32.5. The molecule has 0 heterocycles. The van der Waals surface area contributed by atoms with Crippen molar-refractivity contribution in [3.05, 3.63) is 0 Å². The first kappa shape index (κ1) is 17.1. The Balaban J connectivity index is 3.43. The van der Waals surface area contributed by atoms with Crippen LogP contribution in [0, 0.1) is 0 Å². The summed E-state index contributed by atoms with van der Waals surface area (Å²) in [6.07, 6.45) is 0. The number of carbonyl (C=O) groups is 3. The molecule has 0 aromatic heterocycles. The van der Waals surface area contributed by atoms with Crippen molar-refractivity contribution in [2.24, 2.45) is 0 Å². The average Bonchev–Trinajstić information content (AvgIpc) is 2.36. The topological polar surface area (TPSA) is 126 Å². The van der Waals surface area contributed by atoms with Gasteiger partial charge in [-0.25, -0.2) is 9.59 Å². The Labute approximate surface area is 110 Å². The third-order valence-electron chi connectivity index (χ3n) is 1.80. The predicted octanol–water partition coefficient (Wildman–Crippen LogP) is -1.85. The van der Waals surface area contributed by atoms with Gasteiger partial charge in [-0.2, -0.15) is 0 Å². The molecule has 3 amide bonds. The number of hydrogen-bond acceptors (Lipinski definition) is 5. The van der Waals surface area contributed by atoms with Gasteiger partial charge in [-0.05, 0) is 0 Å². The lowest BCUT2D eigenvalue weighted by atomic mass is 10.5. The lowest BCUT2D eigenvalue weighted by molar-refractivity contribution is -0.142. The van der Waals surface area contributed by atoms with E-state index in [2.05, 4.69) is 16.0 Å². The van der Waals surface area contributed by atoms with Crippen LogP contribution in [0.2, 0.25) is 0 Å². The molecule has 0 unspecified atom stereocenters. The first-order valence-electron chi connectivity index (χ1n) is 5.63. The number of nitrogens with one attached hydrogen (secondary N) is 3. The Morgan fingerprint density at radius 2 is 1.74 bits per heavy atom. The Kier molecular flexibility index (Phi) is 10.1. The van der Waals surface area contributed by atoms with Crippen molar-refractivity contribution in [1.82, 2.24) is 16.0 Å². The van der Waals surface area contributed by atoms with Crippen LogP contribution in [-0.4, -0.2) is 69.6 Å². The molecular weight excluding hydrogens is 258 g/mol. The molecule has 4 N–H and O–H groups in total. The molecule has 0 spiro atoms. The van der Waals surface area contributed by atoms with Gasteiger partial charge in [0.2, 0.25) is 5.91 Å². The summed E-state index contributed by atoms with van der Waals surface area (Å²) in [6.45, 7) is 0.460. The van der Waals surface area contributed by atoms with Gasteiger partial charge in [0.15, 0.2) is 0 Å². The molecule has 0 aliphatic heterocycles. The molecule has 0 rings (SSSR count). The van der Waals surface area contributed by atoms with E-state index in [1.165, 1.54) is 7.11 Å². The fourth-order valence-corrected chi connectivity index (χ4v) is 0.974. The summed E-state index contributed by atoms with van der Waals surface area (Å²) < 4.78 is 9.44. The normalized spacial score (nSPS) is 9.74. The Morgan fingerprint density at radius 3 is 2.37 bits per heavy atom. The van der Waals surface area contributed by atoms with Gasteiger partial charge in [0.1, 0.15) is 6.61 Å². The van der Waals surface area contributed by atoms with Crippen LogP contribution in [-0.2, 0) is 19.1 Å². The number of carboxylic acid groups (broad SMARTS) is 1. The SMILES string of the molecule is COCCNC(=O)CNC(=O)NCCOCC(=O)O. The van der Waals surface area contributed by atoms with Crippen LogP contribution in [0.25, 0.3) is 0 Å². The number of carboxylic acids is 1. The molecule has 0 aromatic rings.